The average Bonchev–Trinajstić information content (AvgIpc) is 2.53. The fourth-order valence-electron chi connectivity index (χ4n) is 3.52. The van der Waals surface area contributed by atoms with E-state index in [0.29, 0.717) is 0 Å². The third-order valence-corrected chi connectivity index (χ3v) is 5.15. The fraction of sp³-hybridized carbons (Fsp3) is 0.591. The zero-order valence-corrected chi connectivity index (χ0v) is 15.3. The van der Waals surface area contributed by atoms with Crippen LogP contribution in [0.3, 0.4) is 0 Å². The van der Waals surface area contributed by atoms with Crippen LogP contribution in [0.5, 0.6) is 0 Å². The van der Waals surface area contributed by atoms with Gasteiger partial charge in [0.15, 0.2) is 0 Å². The highest BCUT2D eigenvalue weighted by Crippen LogP contribution is 2.27. The van der Waals surface area contributed by atoms with E-state index in [1.807, 2.05) is 0 Å². The normalized spacial score (nSPS) is 18.6. The summed E-state index contributed by atoms with van der Waals surface area (Å²) in [7, 11) is 0. The van der Waals surface area contributed by atoms with Crippen molar-refractivity contribution < 1.29 is 0 Å². The lowest BCUT2D eigenvalue weighted by molar-refractivity contribution is 0.358. The van der Waals surface area contributed by atoms with E-state index in [9.17, 15) is 0 Å². The van der Waals surface area contributed by atoms with Gasteiger partial charge in [0.1, 0.15) is 0 Å². The fourth-order valence-corrected chi connectivity index (χ4v) is 3.52. The zero-order valence-electron chi connectivity index (χ0n) is 15.3. The number of allylic oxidation sites excluding steroid dienone is 2. The van der Waals surface area contributed by atoms with Crippen LogP contribution in [0.2, 0.25) is 0 Å². The van der Waals surface area contributed by atoms with E-state index < -0.39 is 0 Å². The van der Waals surface area contributed by atoms with E-state index >= 15 is 0 Å². The molecule has 0 radical (unpaired) electrons. The molecule has 1 saturated carbocycles. The topological polar surface area (TPSA) is 12.4 Å². The molecule has 0 amide bonds. The Bertz CT molecular complexity index is 513. The molecule has 1 aliphatic carbocycles. The molecule has 1 aromatic rings. The highest BCUT2D eigenvalue weighted by Gasteiger charge is 2.12. The van der Waals surface area contributed by atoms with Crippen LogP contribution in [0.4, 0.5) is 0 Å². The van der Waals surface area contributed by atoms with E-state index in [-0.39, 0.29) is 0 Å². The van der Waals surface area contributed by atoms with E-state index in [0.717, 1.165) is 18.1 Å². The number of nitrogens with zero attached hydrogens (tertiary/aromatic N) is 1. The van der Waals surface area contributed by atoms with Crippen LogP contribution in [-0.4, -0.2) is 5.71 Å². The molecule has 23 heavy (non-hydrogen) atoms. The van der Waals surface area contributed by atoms with Crippen molar-refractivity contribution in [1.82, 2.24) is 0 Å². The second-order valence-electron chi connectivity index (χ2n) is 7.09. The molecule has 0 atom stereocenters. The molecule has 0 unspecified atom stereocenters. The first-order valence-corrected chi connectivity index (χ1v) is 9.46. The van der Waals surface area contributed by atoms with Crippen LogP contribution < -0.4 is 0 Å². The van der Waals surface area contributed by atoms with Crippen molar-refractivity contribution >= 4 is 5.71 Å². The molecule has 0 N–H and O–H groups in total. The molecule has 0 heterocycles. The van der Waals surface area contributed by atoms with Crippen LogP contribution in [-0.2, 0) is 0 Å². The number of aryl methyl sites for hydroxylation is 1. The number of hydrogen-bond donors (Lipinski definition) is 0. The zero-order chi connectivity index (χ0) is 16.5. The molecule has 1 fully saturated rings. The highest BCUT2D eigenvalue weighted by molar-refractivity contribution is 5.99. The van der Waals surface area contributed by atoms with Crippen molar-refractivity contribution in [3.05, 3.63) is 47.2 Å². The first kappa shape index (κ1) is 18.0. The maximum atomic E-state index is 4.90. The molecule has 0 bridgehead atoms. The molecule has 126 valence electrons. The third kappa shape index (κ3) is 6.33. The van der Waals surface area contributed by atoms with Gasteiger partial charge in [0.2, 0.25) is 0 Å². The smallest absolute Gasteiger partial charge is 0.0448 e. The lowest BCUT2D eigenvalue weighted by Gasteiger charge is -2.19. The highest BCUT2D eigenvalue weighted by atomic mass is 14.8. The second-order valence-corrected chi connectivity index (χ2v) is 7.09. The number of aliphatic imine (C=N–C) groups is 1. The average molecular weight is 312 g/mol. The van der Waals surface area contributed by atoms with Gasteiger partial charge in [0.05, 0.1) is 0 Å². The van der Waals surface area contributed by atoms with Gasteiger partial charge >= 0.3 is 0 Å². The summed E-state index contributed by atoms with van der Waals surface area (Å²) in [4.78, 5) is 4.90. The van der Waals surface area contributed by atoms with E-state index in [1.54, 1.807) is 0 Å². The van der Waals surface area contributed by atoms with Gasteiger partial charge in [0, 0.05) is 11.4 Å². The van der Waals surface area contributed by atoms with Gasteiger partial charge in [0.25, 0.3) is 0 Å². The second kappa shape index (κ2) is 9.70. The Labute approximate surface area is 142 Å². The Balaban J connectivity index is 1.91. The Kier molecular flexibility index (Phi) is 7.58. The van der Waals surface area contributed by atoms with Gasteiger partial charge in [-0.3, -0.25) is 4.99 Å². The maximum absolute atomic E-state index is 4.90. The molecule has 0 aliphatic heterocycles. The van der Waals surface area contributed by atoms with Crippen molar-refractivity contribution in [2.75, 3.05) is 0 Å². The van der Waals surface area contributed by atoms with Crippen LogP contribution >= 0.6 is 0 Å². The van der Waals surface area contributed by atoms with Crippen molar-refractivity contribution in [3.8, 4) is 0 Å². The Morgan fingerprint density at radius 1 is 1.04 bits per heavy atom. The minimum atomic E-state index is 0.917. The van der Waals surface area contributed by atoms with Crippen LogP contribution in [0.15, 0.2) is 41.0 Å². The summed E-state index contributed by atoms with van der Waals surface area (Å²) in [6, 6.07) is 8.68. The first-order valence-electron chi connectivity index (χ1n) is 9.46. The molecule has 0 aromatic heterocycles. The molecule has 0 spiro atoms. The quantitative estimate of drug-likeness (QED) is 0.527. The Morgan fingerprint density at radius 2 is 1.65 bits per heavy atom. The minimum absolute atomic E-state index is 0.917. The van der Waals surface area contributed by atoms with Gasteiger partial charge in [-0.05, 0) is 45.1 Å². The maximum Gasteiger partial charge on any atom is 0.0448 e. The SMILES string of the molecule is C/C=C(/CCC1CCCCCCC1)N=C(C)c1ccc(C)cc1. The summed E-state index contributed by atoms with van der Waals surface area (Å²) in [5.74, 6) is 0.917. The van der Waals surface area contributed by atoms with Gasteiger partial charge < -0.3 is 0 Å². The predicted molar refractivity (Wildman–Crippen MR) is 102 cm³/mol. The lowest BCUT2D eigenvalue weighted by atomic mass is 9.87. The molecular weight excluding hydrogens is 278 g/mol. The van der Waals surface area contributed by atoms with Crippen LogP contribution in [0.1, 0.15) is 82.8 Å². The Morgan fingerprint density at radius 3 is 2.26 bits per heavy atom. The van der Waals surface area contributed by atoms with Crippen molar-refractivity contribution in [2.24, 2.45) is 10.9 Å². The molecule has 1 aliphatic rings. The van der Waals surface area contributed by atoms with Gasteiger partial charge in [-0.2, -0.15) is 0 Å². The summed E-state index contributed by atoms with van der Waals surface area (Å²) in [6.07, 6.45) is 14.7. The number of hydrogen-bond acceptors (Lipinski definition) is 1. The van der Waals surface area contributed by atoms with E-state index in [2.05, 4.69) is 51.1 Å². The Hall–Kier alpha value is -1.37. The monoisotopic (exact) mass is 311 g/mol. The molecule has 1 heteroatoms. The summed E-state index contributed by atoms with van der Waals surface area (Å²) < 4.78 is 0. The van der Waals surface area contributed by atoms with Crippen molar-refractivity contribution in [1.29, 1.82) is 0 Å². The number of rotatable bonds is 5. The largest absolute Gasteiger partial charge is 0.258 e. The summed E-state index contributed by atoms with van der Waals surface area (Å²) in [5, 5.41) is 0. The summed E-state index contributed by atoms with van der Waals surface area (Å²) in [6.45, 7) is 6.38. The molecule has 2 rings (SSSR count). The van der Waals surface area contributed by atoms with Gasteiger partial charge in [-0.15, -0.1) is 0 Å². The van der Waals surface area contributed by atoms with Crippen LogP contribution in [0.25, 0.3) is 0 Å². The predicted octanol–water partition coefficient (Wildman–Crippen LogP) is 6.85. The standard InChI is InChI=1S/C22H33N/c1-4-22(17-14-20-10-8-6-5-7-9-11-20)23-19(3)21-15-12-18(2)13-16-21/h4,12-13,15-16,20H,5-11,14,17H2,1-3H3/b22-4-,23-19?. The lowest BCUT2D eigenvalue weighted by Crippen LogP contribution is -2.04. The van der Waals surface area contributed by atoms with Crippen molar-refractivity contribution in [3.63, 3.8) is 0 Å². The first-order chi connectivity index (χ1) is 11.2. The molecule has 1 aromatic carbocycles. The van der Waals surface area contributed by atoms with Crippen LogP contribution in [0, 0.1) is 12.8 Å². The van der Waals surface area contributed by atoms with Gasteiger partial charge in [-0.25, -0.2) is 0 Å². The van der Waals surface area contributed by atoms with E-state index in [1.165, 1.54) is 68.2 Å². The third-order valence-electron chi connectivity index (χ3n) is 5.15. The van der Waals surface area contributed by atoms with E-state index in [4.69, 9.17) is 4.99 Å². The number of benzene rings is 1. The molecule has 0 saturated heterocycles. The van der Waals surface area contributed by atoms with Gasteiger partial charge in [-0.1, -0.05) is 80.9 Å². The molecule has 1 nitrogen and oxygen atoms in total. The minimum Gasteiger partial charge on any atom is -0.258 e. The summed E-state index contributed by atoms with van der Waals surface area (Å²) in [5.41, 5.74) is 4.93. The molecular formula is C22H33N. The summed E-state index contributed by atoms with van der Waals surface area (Å²) >= 11 is 0. The van der Waals surface area contributed by atoms with Crippen molar-refractivity contribution in [2.45, 2.75) is 78.6 Å².